The van der Waals surface area contributed by atoms with Gasteiger partial charge in [0.1, 0.15) is 18.2 Å². The second-order valence-corrected chi connectivity index (χ2v) is 8.59. The van der Waals surface area contributed by atoms with Crippen molar-refractivity contribution in [2.24, 2.45) is 0 Å². The van der Waals surface area contributed by atoms with Crippen molar-refractivity contribution >= 4 is 29.0 Å². The Morgan fingerprint density at radius 3 is 2.83 bits per heavy atom. The number of amides is 2. The van der Waals surface area contributed by atoms with Crippen molar-refractivity contribution in [2.75, 3.05) is 23.4 Å². The third kappa shape index (κ3) is 4.93. The average molecular weight is 487 g/mol. The number of nitrogens with zero attached hydrogens (tertiary/aromatic N) is 1. The first-order chi connectivity index (χ1) is 17.5. The van der Waals surface area contributed by atoms with Crippen LogP contribution in [0.5, 0.6) is 5.75 Å². The zero-order valence-electron chi connectivity index (χ0n) is 19.4. The van der Waals surface area contributed by atoms with Crippen molar-refractivity contribution in [3.8, 4) is 5.75 Å². The molecule has 4 N–H and O–H groups in total. The van der Waals surface area contributed by atoms with Crippen LogP contribution in [0.2, 0.25) is 0 Å². The molecule has 2 aliphatic rings. The Balaban J connectivity index is 1.24. The van der Waals surface area contributed by atoms with Gasteiger partial charge in [-0.15, -0.1) is 0 Å². The van der Waals surface area contributed by atoms with E-state index in [1.54, 1.807) is 36.4 Å². The summed E-state index contributed by atoms with van der Waals surface area (Å²) in [6, 6.07) is 22.0. The normalized spacial score (nSPS) is 17.8. The van der Waals surface area contributed by atoms with E-state index in [-0.39, 0.29) is 13.2 Å². The molecule has 0 aliphatic carbocycles. The Labute approximate surface area is 208 Å². The van der Waals surface area contributed by atoms with Gasteiger partial charge in [-0.2, -0.15) is 0 Å². The molecule has 0 bridgehead atoms. The van der Waals surface area contributed by atoms with E-state index in [1.807, 2.05) is 36.4 Å². The summed E-state index contributed by atoms with van der Waals surface area (Å²) in [6.07, 6.45) is -3.03. The molecule has 2 heterocycles. The van der Waals surface area contributed by atoms with Gasteiger partial charge in [0, 0.05) is 36.1 Å². The minimum atomic E-state index is -1.69. The first-order valence-electron chi connectivity index (χ1n) is 11.6. The molecule has 3 aromatic rings. The molecule has 9 heteroatoms. The monoisotopic (exact) mass is 486 g/mol. The van der Waals surface area contributed by atoms with Crippen molar-refractivity contribution in [1.82, 2.24) is 5.32 Å². The quantitative estimate of drug-likeness (QED) is 0.407. The summed E-state index contributed by atoms with van der Waals surface area (Å²) >= 11 is 0. The Morgan fingerprint density at radius 1 is 1.17 bits per heavy atom. The molecule has 2 atom stereocenters. The Kier molecular flexibility index (Phi) is 6.66. The van der Waals surface area contributed by atoms with Gasteiger partial charge in [0.15, 0.2) is 12.2 Å². The van der Waals surface area contributed by atoms with Gasteiger partial charge in [-0.25, -0.2) is 0 Å². The number of nitrogens with one attached hydrogen (secondary N) is 3. The second kappa shape index (κ2) is 10.2. The van der Waals surface area contributed by atoms with Crippen LogP contribution in [0.15, 0.2) is 72.8 Å². The second-order valence-electron chi connectivity index (χ2n) is 8.59. The molecule has 184 valence electrons. The van der Waals surface area contributed by atoms with Crippen molar-refractivity contribution in [1.29, 1.82) is 5.41 Å². The predicted octanol–water partition coefficient (Wildman–Crippen LogP) is 2.43. The summed E-state index contributed by atoms with van der Waals surface area (Å²) in [5.74, 6) is -0.310. The first kappa shape index (κ1) is 23.5. The summed E-state index contributed by atoms with van der Waals surface area (Å²) < 4.78 is 11.4. The van der Waals surface area contributed by atoms with Crippen molar-refractivity contribution in [3.63, 3.8) is 0 Å². The van der Waals surface area contributed by atoms with Crippen LogP contribution < -0.4 is 20.3 Å². The van der Waals surface area contributed by atoms with Crippen LogP contribution in [0.3, 0.4) is 0 Å². The number of aliphatic hydroxyl groups is 1. The summed E-state index contributed by atoms with van der Waals surface area (Å²) in [7, 11) is 0. The molecular formula is C27H26N4O5. The molecule has 1 fully saturated rings. The largest absolute Gasteiger partial charge is 0.489 e. The van der Waals surface area contributed by atoms with Gasteiger partial charge in [0.05, 0.1) is 6.61 Å². The first-order valence-corrected chi connectivity index (χ1v) is 11.6. The third-order valence-electron chi connectivity index (χ3n) is 6.15. The number of hydrogen-bond donors (Lipinski definition) is 4. The number of hydrogen-bond acceptors (Lipinski definition) is 6. The fourth-order valence-corrected chi connectivity index (χ4v) is 4.26. The number of benzene rings is 3. The van der Waals surface area contributed by atoms with Gasteiger partial charge in [-0.1, -0.05) is 36.4 Å². The Morgan fingerprint density at radius 2 is 2.00 bits per heavy atom. The number of ether oxygens (including phenoxy) is 2. The lowest BCUT2D eigenvalue weighted by Crippen LogP contribution is -2.55. The topological polar surface area (TPSA) is 124 Å². The van der Waals surface area contributed by atoms with Gasteiger partial charge in [0.25, 0.3) is 11.8 Å². The highest BCUT2D eigenvalue weighted by Gasteiger charge is 2.39. The number of anilines is 2. The highest BCUT2D eigenvalue weighted by atomic mass is 16.5. The number of fused-ring (bicyclic) bond motifs is 1. The Bertz CT molecular complexity index is 1300. The minimum absolute atomic E-state index is 0.169. The number of amidine groups is 1. The van der Waals surface area contributed by atoms with Crippen LogP contribution in [-0.4, -0.2) is 48.1 Å². The van der Waals surface area contributed by atoms with Crippen LogP contribution in [0.25, 0.3) is 0 Å². The fraction of sp³-hybridized carbons (Fsp3) is 0.222. The van der Waals surface area contributed by atoms with Crippen LogP contribution in [0, 0.1) is 5.41 Å². The summed E-state index contributed by atoms with van der Waals surface area (Å²) in [6.45, 7) is 1.34. The molecular weight excluding hydrogens is 460 g/mol. The standard InChI is InChI=1S/C27H26N4O5/c28-25-22-10-9-19(13-18(22)15-29-25)30-26(33)23(32)24-27(34)31(11-12-35-24)20-7-4-8-21(14-20)36-16-17-5-2-1-3-6-17/h1-10,13-14,23-24,32H,11-12,15-16H2,(H2,28,29)(H,30,33)/t23-,24-/m1/s1. The van der Waals surface area contributed by atoms with Gasteiger partial charge >= 0.3 is 0 Å². The summed E-state index contributed by atoms with van der Waals surface area (Å²) in [5.41, 5.74) is 3.73. The van der Waals surface area contributed by atoms with Crippen LogP contribution in [0.4, 0.5) is 11.4 Å². The highest BCUT2D eigenvalue weighted by Crippen LogP contribution is 2.26. The van der Waals surface area contributed by atoms with Crippen LogP contribution in [-0.2, 0) is 27.5 Å². The van der Waals surface area contributed by atoms with E-state index >= 15 is 0 Å². The molecule has 0 unspecified atom stereocenters. The van der Waals surface area contributed by atoms with E-state index in [0.29, 0.717) is 36.1 Å². The van der Waals surface area contributed by atoms with E-state index in [4.69, 9.17) is 14.9 Å². The van der Waals surface area contributed by atoms with E-state index in [1.165, 1.54) is 4.90 Å². The number of aliphatic hydroxyl groups excluding tert-OH is 1. The maximum absolute atomic E-state index is 13.2. The molecule has 3 aromatic carbocycles. The average Bonchev–Trinajstić information content (AvgIpc) is 3.27. The van der Waals surface area contributed by atoms with E-state index < -0.39 is 24.0 Å². The lowest BCUT2D eigenvalue weighted by atomic mass is 10.1. The van der Waals surface area contributed by atoms with E-state index in [2.05, 4.69) is 10.6 Å². The smallest absolute Gasteiger partial charge is 0.259 e. The van der Waals surface area contributed by atoms with Crippen LogP contribution >= 0.6 is 0 Å². The summed E-state index contributed by atoms with van der Waals surface area (Å²) in [5, 5.41) is 24.1. The van der Waals surface area contributed by atoms with Crippen molar-refractivity contribution in [3.05, 3.63) is 89.5 Å². The van der Waals surface area contributed by atoms with Crippen LogP contribution in [0.1, 0.15) is 16.7 Å². The van der Waals surface area contributed by atoms with Gasteiger partial charge in [0.2, 0.25) is 0 Å². The van der Waals surface area contributed by atoms with E-state index in [9.17, 15) is 14.7 Å². The minimum Gasteiger partial charge on any atom is -0.489 e. The predicted molar refractivity (Wildman–Crippen MR) is 134 cm³/mol. The third-order valence-corrected chi connectivity index (χ3v) is 6.15. The fourth-order valence-electron chi connectivity index (χ4n) is 4.26. The van der Waals surface area contributed by atoms with E-state index in [0.717, 1.165) is 16.7 Å². The molecule has 5 rings (SSSR count). The number of morpholine rings is 1. The molecule has 2 aliphatic heterocycles. The molecule has 0 aromatic heterocycles. The Hall–Kier alpha value is -4.21. The molecule has 0 radical (unpaired) electrons. The molecule has 1 saturated heterocycles. The SMILES string of the molecule is N=C1NCc2cc(NC(=O)[C@H](O)[C@H]3OCCN(c4cccc(OCc5ccccc5)c4)C3=O)ccc21. The summed E-state index contributed by atoms with van der Waals surface area (Å²) in [4.78, 5) is 27.4. The maximum atomic E-state index is 13.2. The molecule has 2 amide bonds. The van der Waals surface area contributed by atoms with Gasteiger partial charge in [-0.05, 0) is 41.5 Å². The molecule has 0 spiro atoms. The number of carbonyl (C=O) groups is 2. The maximum Gasteiger partial charge on any atom is 0.259 e. The van der Waals surface area contributed by atoms with Crippen molar-refractivity contribution in [2.45, 2.75) is 25.4 Å². The molecule has 9 nitrogen and oxygen atoms in total. The van der Waals surface area contributed by atoms with Crippen molar-refractivity contribution < 1.29 is 24.2 Å². The number of rotatable bonds is 7. The zero-order chi connectivity index (χ0) is 25.1. The zero-order valence-corrected chi connectivity index (χ0v) is 19.4. The number of carbonyl (C=O) groups excluding carboxylic acids is 2. The van der Waals surface area contributed by atoms with Gasteiger partial charge in [-0.3, -0.25) is 15.0 Å². The lowest BCUT2D eigenvalue weighted by Gasteiger charge is -2.34. The molecule has 36 heavy (non-hydrogen) atoms. The lowest BCUT2D eigenvalue weighted by molar-refractivity contribution is -0.150. The highest BCUT2D eigenvalue weighted by molar-refractivity contribution is 6.04. The molecule has 0 saturated carbocycles. The van der Waals surface area contributed by atoms with Gasteiger partial charge < -0.3 is 30.1 Å².